The maximum atomic E-state index is 12.7. The van der Waals surface area contributed by atoms with E-state index < -0.39 is 11.9 Å². The Labute approximate surface area is 227 Å². The van der Waals surface area contributed by atoms with E-state index in [1.165, 1.54) is 5.56 Å². The maximum Gasteiger partial charge on any atom is 0.344 e. The molecule has 37 heavy (non-hydrogen) atoms. The minimum Gasteiger partial charge on any atom is -0.506 e. The van der Waals surface area contributed by atoms with Crippen molar-refractivity contribution in [1.82, 2.24) is 0 Å². The molecule has 1 N–H and O–H groups in total. The Hall–Kier alpha value is -3.62. The standard InChI is InChI=1S/C29H24BrNO5S/c1-3-35-29(34)25-26(32)24(37-28(25)31-27(33)20-7-5-4-6-8-20)16-21-15-22(30)13-14-23(21)36-17-19-11-9-18(2)10-12-19/h4-16,32H,3,17H2,1-2H3/b24-16-,31-28?. The van der Waals surface area contributed by atoms with E-state index in [9.17, 15) is 14.7 Å². The van der Waals surface area contributed by atoms with Crippen molar-refractivity contribution in [1.29, 1.82) is 0 Å². The Balaban J connectivity index is 1.68. The first-order valence-corrected chi connectivity index (χ1v) is 13.1. The van der Waals surface area contributed by atoms with E-state index in [4.69, 9.17) is 9.47 Å². The topological polar surface area (TPSA) is 85.2 Å². The predicted molar refractivity (Wildman–Crippen MR) is 150 cm³/mol. The molecule has 0 saturated heterocycles. The molecule has 1 amide bonds. The smallest absolute Gasteiger partial charge is 0.344 e. The van der Waals surface area contributed by atoms with Gasteiger partial charge in [0.2, 0.25) is 0 Å². The van der Waals surface area contributed by atoms with Crippen LogP contribution in [0.3, 0.4) is 0 Å². The molecular formula is C29H24BrNO5S. The van der Waals surface area contributed by atoms with Crippen LogP contribution in [-0.2, 0) is 16.1 Å². The SMILES string of the molecule is CCOC(=O)C1=C(O)/C(=C/c2cc(Br)ccc2OCc2ccc(C)cc2)SC1=NC(=O)c1ccccc1. The number of halogens is 1. The fourth-order valence-corrected chi connectivity index (χ4v) is 4.86. The van der Waals surface area contributed by atoms with Gasteiger partial charge in [0.1, 0.15) is 28.7 Å². The highest BCUT2D eigenvalue weighted by Gasteiger charge is 2.34. The first-order chi connectivity index (χ1) is 17.9. The highest BCUT2D eigenvalue weighted by Crippen LogP contribution is 2.40. The zero-order valence-electron chi connectivity index (χ0n) is 20.2. The van der Waals surface area contributed by atoms with E-state index in [1.54, 1.807) is 43.3 Å². The molecule has 8 heteroatoms. The van der Waals surface area contributed by atoms with Crippen molar-refractivity contribution in [3.63, 3.8) is 0 Å². The monoisotopic (exact) mass is 577 g/mol. The number of esters is 1. The van der Waals surface area contributed by atoms with E-state index in [-0.39, 0.29) is 23.0 Å². The van der Waals surface area contributed by atoms with Crippen LogP contribution in [0.4, 0.5) is 0 Å². The molecule has 0 spiro atoms. The van der Waals surface area contributed by atoms with Crippen LogP contribution in [0.25, 0.3) is 6.08 Å². The number of hydrogen-bond donors (Lipinski definition) is 1. The molecule has 188 valence electrons. The largest absolute Gasteiger partial charge is 0.506 e. The molecule has 3 aromatic rings. The number of carbonyl (C=O) groups excluding carboxylic acids is 2. The Kier molecular flexibility index (Phi) is 8.63. The minimum atomic E-state index is -0.749. The van der Waals surface area contributed by atoms with E-state index >= 15 is 0 Å². The lowest BCUT2D eigenvalue weighted by atomic mass is 10.1. The number of aryl methyl sites for hydroxylation is 1. The predicted octanol–water partition coefficient (Wildman–Crippen LogP) is 7.04. The minimum absolute atomic E-state index is 0.0770. The number of aliphatic hydroxyl groups excluding tert-OH is 1. The van der Waals surface area contributed by atoms with Crippen molar-refractivity contribution in [2.45, 2.75) is 20.5 Å². The highest BCUT2D eigenvalue weighted by molar-refractivity contribution is 9.10. The van der Waals surface area contributed by atoms with Gasteiger partial charge in [-0.05, 0) is 55.8 Å². The van der Waals surface area contributed by atoms with Crippen LogP contribution in [0.15, 0.2) is 98.5 Å². The number of benzene rings is 3. The van der Waals surface area contributed by atoms with Gasteiger partial charge in [-0.1, -0.05) is 75.7 Å². The molecule has 0 unspecified atom stereocenters. The van der Waals surface area contributed by atoms with Gasteiger partial charge in [-0.3, -0.25) is 4.79 Å². The summed E-state index contributed by atoms with van der Waals surface area (Å²) in [5, 5.41) is 11.1. The average Bonchev–Trinajstić information content (AvgIpc) is 3.19. The maximum absolute atomic E-state index is 12.7. The van der Waals surface area contributed by atoms with Crippen molar-refractivity contribution in [3.05, 3.63) is 116 Å². The molecule has 0 fully saturated rings. The van der Waals surface area contributed by atoms with Crippen LogP contribution < -0.4 is 4.74 Å². The molecule has 1 heterocycles. The van der Waals surface area contributed by atoms with E-state index in [0.717, 1.165) is 21.8 Å². The highest BCUT2D eigenvalue weighted by atomic mass is 79.9. The molecule has 1 aliphatic rings. The molecule has 4 rings (SSSR count). The summed E-state index contributed by atoms with van der Waals surface area (Å²) in [5.74, 6) is -0.982. The summed E-state index contributed by atoms with van der Waals surface area (Å²) in [6.45, 7) is 4.17. The Morgan fingerprint density at radius 3 is 2.49 bits per heavy atom. The van der Waals surface area contributed by atoms with Crippen LogP contribution in [0.5, 0.6) is 5.75 Å². The van der Waals surface area contributed by atoms with Gasteiger partial charge in [0.25, 0.3) is 5.91 Å². The first-order valence-electron chi connectivity index (χ1n) is 11.5. The number of rotatable bonds is 7. The molecule has 3 aromatic carbocycles. The number of thioether (sulfide) groups is 1. The van der Waals surface area contributed by atoms with Crippen LogP contribution in [0, 0.1) is 6.92 Å². The van der Waals surface area contributed by atoms with Crippen molar-refractivity contribution < 1.29 is 24.2 Å². The number of aliphatic hydroxyl groups is 1. The number of amides is 1. The molecule has 0 bridgehead atoms. The third-order valence-electron chi connectivity index (χ3n) is 5.37. The molecule has 1 aliphatic heterocycles. The van der Waals surface area contributed by atoms with Gasteiger partial charge in [0.15, 0.2) is 0 Å². The van der Waals surface area contributed by atoms with Crippen molar-refractivity contribution in [3.8, 4) is 5.75 Å². The lowest BCUT2D eigenvalue weighted by Crippen LogP contribution is -2.14. The molecule has 0 atom stereocenters. The summed E-state index contributed by atoms with van der Waals surface area (Å²) in [6, 6.07) is 22.1. The lowest BCUT2D eigenvalue weighted by Gasteiger charge is -2.11. The van der Waals surface area contributed by atoms with Gasteiger partial charge >= 0.3 is 5.97 Å². The summed E-state index contributed by atoms with van der Waals surface area (Å²) >= 11 is 4.51. The number of aliphatic imine (C=N–C) groups is 1. The second kappa shape index (κ2) is 12.1. The molecular weight excluding hydrogens is 554 g/mol. The van der Waals surface area contributed by atoms with Crippen molar-refractivity contribution in [2.75, 3.05) is 6.61 Å². The Morgan fingerprint density at radius 1 is 1.05 bits per heavy atom. The van der Waals surface area contributed by atoms with Crippen molar-refractivity contribution >= 4 is 50.7 Å². The average molecular weight is 578 g/mol. The lowest BCUT2D eigenvalue weighted by molar-refractivity contribution is -0.138. The fourth-order valence-electron chi connectivity index (χ4n) is 3.48. The zero-order valence-corrected chi connectivity index (χ0v) is 22.6. The number of carbonyl (C=O) groups is 2. The third-order valence-corrected chi connectivity index (χ3v) is 6.88. The van der Waals surface area contributed by atoms with Gasteiger partial charge in [-0.2, -0.15) is 0 Å². The van der Waals surface area contributed by atoms with E-state index in [2.05, 4.69) is 20.9 Å². The number of nitrogens with zero attached hydrogens (tertiary/aromatic N) is 1. The van der Waals surface area contributed by atoms with Gasteiger partial charge in [-0.15, -0.1) is 0 Å². The van der Waals surface area contributed by atoms with Crippen molar-refractivity contribution in [2.24, 2.45) is 4.99 Å². The summed E-state index contributed by atoms with van der Waals surface area (Å²) in [6.07, 6.45) is 1.70. The summed E-state index contributed by atoms with van der Waals surface area (Å²) in [5.41, 5.74) is 3.09. The molecule has 0 aromatic heterocycles. The fraction of sp³-hybridized carbons (Fsp3) is 0.138. The second-order valence-corrected chi connectivity index (χ2v) is 10.0. The van der Waals surface area contributed by atoms with Crippen LogP contribution in [0.1, 0.15) is 34.0 Å². The van der Waals surface area contributed by atoms with E-state index in [1.807, 2.05) is 49.4 Å². The third kappa shape index (κ3) is 6.58. The van der Waals surface area contributed by atoms with Crippen LogP contribution in [-0.4, -0.2) is 28.6 Å². The molecule has 0 saturated carbocycles. The molecule has 6 nitrogen and oxygen atoms in total. The first kappa shape index (κ1) is 26.4. The Morgan fingerprint density at radius 2 is 1.78 bits per heavy atom. The molecule has 0 aliphatic carbocycles. The van der Waals surface area contributed by atoms with Crippen LogP contribution in [0.2, 0.25) is 0 Å². The molecule has 0 radical (unpaired) electrons. The zero-order chi connectivity index (χ0) is 26.4. The Bertz CT molecular complexity index is 1410. The summed E-state index contributed by atoms with van der Waals surface area (Å²) in [7, 11) is 0. The number of ether oxygens (including phenoxy) is 2. The number of hydrogen-bond acceptors (Lipinski definition) is 6. The normalized spacial score (nSPS) is 15.3. The second-order valence-electron chi connectivity index (χ2n) is 8.10. The summed E-state index contributed by atoms with van der Waals surface area (Å²) < 4.78 is 12.0. The van der Waals surface area contributed by atoms with Gasteiger partial charge in [-0.25, -0.2) is 9.79 Å². The van der Waals surface area contributed by atoms with Gasteiger partial charge < -0.3 is 14.6 Å². The van der Waals surface area contributed by atoms with E-state index in [0.29, 0.717) is 28.4 Å². The summed E-state index contributed by atoms with van der Waals surface area (Å²) in [4.78, 5) is 29.9. The quantitative estimate of drug-likeness (QED) is 0.303. The van der Waals surface area contributed by atoms with Crippen LogP contribution >= 0.6 is 27.7 Å². The van der Waals surface area contributed by atoms with Gasteiger partial charge in [0.05, 0.1) is 11.5 Å². The van der Waals surface area contributed by atoms with Gasteiger partial charge in [0, 0.05) is 15.6 Å².